The number of ether oxygens (including phenoxy) is 1. The molecule has 1 N–H and O–H groups in total. The van der Waals surface area contributed by atoms with E-state index in [-0.39, 0.29) is 11.9 Å². The number of nitrogens with zero attached hydrogens (tertiary/aromatic N) is 1. The van der Waals surface area contributed by atoms with Crippen LogP contribution < -0.4 is 10.1 Å². The van der Waals surface area contributed by atoms with Gasteiger partial charge in [-0.2, -0.15) is 0 Å². The third-order valence-corrected chi connectivity index (χ3v) is 4.72. The van der Waals surface area contributed by atoms with Crippen LogP contribution >= 0.6 is 22.9 Å². The number of rotatable bonds is 7. The van der Waals surface area contributed by atoms with E-state index in [2.05, 4.69) is 5.32 Å². The summed E-state index contributed by atoms with van der Waals surface area (Å²) in [4.78, 5) is 15.5. The number of halogens is 1. The van der Waals surface area contributed by atoms with Crippen LogP contribution in [-0.4, -0.2) is 30.5 Å². The Morgan fingerprint density at radius 2 is 2.00 bits per heavy atom. The van der Waals surface area contributed by atoms with Crippen LogP contribution in [0.4, 0.5) is 5.69 Å². The Kier molecular flexibility index (Phi) is 6.45. The third-order valence-electron chi connectivity index (χ3n) is 3.51. The number of anilines is 1. The zero-order valence-corrected chi connectivity index (χ0v) is 15.1. The van der Waals surface area contributed by atoms with Gasteiger partial charge in [-0.25, -0.2) is 0 Å². The molecule has 0 aliphatic carbocycles. The largest absolute Gasteiger partial charge is 0.494 e. The topological polar surface area (TPSA) is 41.6 Å². The number of amides is 1. The maximum atomic E-state index is 12.4. The van der Waals surface area contributed by atoms with Crippen molar-refractivity contribution >= 4 is 34.5 Å². The number of hydrogen-bond donors (Lipinski definition) is 1. The summed E-state index contributed by atoms with van der Waals surface area (Å²) in [5.74, 6) is 0.754. The lowest BCUT2D eigenvalue weighted by Crippen LogP contribution is -2.39. The molecule has 6 heteroatoms. The number of carbonyl (C=O) groups excluding carboxylic acids is 1. The minimum Gasteiger partial charge on any atom is -0.494 e. The molecule has 124 valence electrons. The van der Waals surface area contributed by atoms with E-state index >= 15 is 0 Å². The molecule has 0 bridgehead atoms. The van der Waals surface area contributed by atoms with Crippen LogP contribution in [0.1, 0.15) is 18.7 Å². The highest BCUT2D eigenvalue weighted by atomic mass is 35.5. The Balaban J connectivity index is 1.90. The van der Waals surface area contributed by atoms with Crippen molar-refractivity contribution in [1.82, 2.24) is 4.90 Å². The average molecular weight is 353 g/mol. The van der Waals surface area contributed by atoms with E-state index in [1.807, 2.05) is 62.2 Å². The first-order chi connectivity index (χ1) is 11.0. The van der Waals surface area contributed by atoms with Crippen molar-refractivity contribution < 1.29 is 9.53 Å². The Bertz CT molecular complexity index is 642. The number of carbonyl (C=O) groups is 1. The highest BCUT2D eigenvalue weighted by molar-refractivity contribution is 7.16. The number of benzene rings is 1. The van der Waals surface area contributed by atoms with Gasteiger partial charge in [-0.05, 0) is 57.3 Å². The van der Waals surface area contributed by atoms with Crippen LogP contribution in [0.25, 0.3) is 0 Å². The minimum absolute atomic E-state index is 0.0423. The van der Waals surface area contributed by atoms with Gasteiger partial charge in [0, 0.05) is 17.1 Å². The molecule has 4 nitrogen and oxygen atoms in total. The molecule has 1 atom stereocenters. The van der Waals surface area contributed by atoms with Gasteiger partial charge in [-0.1, -0.05) is 11.6 Å². The minimum atomic E-state index is -0.248. The predicted octanol–water partition coefficient (Wildman–Crippen LogP) is 4.26. The van der Waals surface area contributed by atoms with Crippen LogP contribution in [0, 0.1) is 0 Å². The SMILES string of the molecule is CCOc1ccc(NC(=O)C(C)N(C)Cc2ccc(Cl)s2)cc1. The molecule has 1 heterocycles. The second-order valence-corrected chi connectivity index (χ2v) is 7.04. The molecule has 0 fully saturated rings. The molecule has 0 saturated carbocycles. The molecule has 23 heavy (non-hydrogen) atoms. The molecule has 1 unspecified atom stereocenters. The third kappa shape index (κ3) is 5.23. The summed E-state index contributed by atoms with van der Waals surface area (Å²) in [6.45, 7) is 5.14. The molecule has 1 aromatic heterocycles. The van der Waals surface area contributed by atoms with Crippen LogP contribution in [0.3, 0.4) is 0 Å². The van der Waals surface area contributed by atoms with Crippen molar-refractivity contribution in [2.45, 2.75) is 26.4 Å². The van der Waals surface area contributed by atoms with E-state index < -0.39 is 0 Å². The summed E-state index contributed by atoms with van der Waals surface area (Å²) in [7, 11) is 1.93. The lowest BCUT2D eigenvalue weighted by molar-refractivity contribution is -0.120. The molecular formula is C17H21ClN2O2S. The van der Waals surface area contributed by atoms with E-state index in [1.165, 1.54) is 11.3 Å². The quantitative estimate of drug-likeness (QED) is 0.809. The van der Waals surface area contributed by atoms with Crippen molar-refractivity contribution in [2.24, 2.45) is 0 Å². The molecule has 1 aromatic carbocycles. The van der Waals surface area contributed by atoms with E-state index in [4.69, 9.17) is 16.3 Å². The van der Waals surface area contributed by atoms with Crippen molar-refractivity contribution in [3.63, 3.8) is 0 Å². The van der Waals surface area contributed by atoms with E-state index in [0.717, 1.165) is 20.7 Å². The van der Waals surface area contributed by atoms with Crippen LogP contribution in [-0.2, 0) is 11.3 Å². The lowest BCUT2D eigenvalue weighted by atomic mass is 10.2. The Morgan fingerprint density at radius 3 is 2.57 bits per heavy atom. The van der Waals surface area contributed by atoms with Crippen molar-refractivity contribution in [3.8, 4) is 5.75 Å². The van der Waals surface area contributed by atoms with Crippen LogP contribution in [0.5, 0.6) is 5.75 Å². The second-order valence-electron chi connectivity index (χ2n) is 5.24. The number of nitrogens with one attached hydrogen (secondary N) is 1. The van der Waals surface area contributed by atoms with Gasteiger partial charge in [0.25, 0.3) is 0 Å². The van der Waals surface area contributed by atoms with Gasteiger partial charge in [0.15, 0.2) is 0 Å². The fraction of sp³-hybridized carbons (Fsp3) is 0.353. The highest BCUT2D eigenvalue weighted by Crippen LogP contribution is 2.23. The summed E-state index contributed by atoms with van der Waals surface area (Å²) >= 11 is 7.47. The number of hydrogen-bond acceptors (Lipinski definition) is 4. The zero-order valence-electron chi connectivity index (χ0n) is 13.5. The molecule has 0 saturated heterocycles. The second kappa shape index (κ2) is 8.34. The normalized spacial score (nSPS) is 12.2. The molecule has 2 rings (SSSR count). The first kappa shape index (κ1) is 17.8. The highest BCUT2D eigenvalue weighted by Gasteiger charge is 2.18. The predicted molar refractivity (Wildman–Crippen MR) is 96.5 cm³/mol. The van der Waals surface area contributed by atoms with Crippen molar-refractivity contribution in [1.29, 1.82) is 0 Å². The fourth-order valence-corrected chi connectivity index (χ4v) is 3.22. The lowest BCUT2D eigenvalue weighted by Gasteiger charge is -2.23. The molecular weight excluding hydrogens is 332 g/mol. The Labute approximate surface area is 146 Å². The summed E-state index contributed by atoms with van der Waals surface area (Å²) in [5, 5.41) is 2.92. The first-order valence-electron chi connectivity index (χ1n) is 7.47. The van der Waals surface area contributed by atoms with Gasteiger partial charge >= 0.3 is 0 Å². The van der Waals surface area contributed by atoms with Gasteiger partial charge in [-0.3, -0.25) is 9.69 Å². The summed E-state index contributed by atoms with van der Waals surface area (Å²) in [5.41, 5.74) is 0.762. The van der Waals surface area contributed by atoms with Gasteiger partial charge in [0.05, 0.1) is 17.0 Å². The molecule has 0 aliphatic heterocycles. The summed E-state index contributed by atoms with van der Waals surface area (Å²) < 4.78 is 6.15. The van der Waals surface area contributed by atoms with E-state index in [0.29, 0.717) is 13.2 Å². The summed E-state index contributed by atoms with van der Waals surface area (Å²) in [6, 6.07) is 11.0. The Morgan fingerprint density at radius 1 is 1.30 bits per heavy atom. The zero-order chi connectivity index (χ0) is 16.8. The monoisotopic (exact) mass is 352 g/mol. The standard InChI is InChI=1S/C17H21ClN2O2S/c1-4-22-14-7-5-13(6-8-14)19-17(21)12(2)20(3)11-15-9-10-16(18)23-15/h5-10,12H,4,11H2,1-3H3,(H,19,21). The molecule has 1 amide bonds. The van der Waals surface area contributed by atoms with Crippen LogP contribution in [0.2, 0.25) is 4.34 Å². The molecule has 0 spiro atoms. The summed E-state index contributed by atoms with van der Waals surface area (Å²) in [6.07, 6.45) is 0. The molecule has 0 radical (unpaired) electrons. The number of thiophene rings is 1. The van der Waals surface area contributed by atoms with Gasteiger partial charge in [-0.15, -0.1) is 11.3 Å². The average Bonchev–Trinajstić information content (AvgIpc) is 2.93. The first-order valence-corrected chi connectivity index (χ1v) is 8.67. The maximum absolute atomic E-state index is 12.4. The smallest absolute Gasteiger partial charge is 0.241 e. The van der Waals surface area contributed by atoms with Crippen molar-refractivity contribution in [3.05, 3.63) is 45.6 Å². The van der Waals surface area contributed by atoms with Gasteiger partial charge in [0.2, 0.25) is 5.91 Å². The van der Waals surface area contributed by atoms with Crippen LogP contribution in [0.15, 0.2) is 36.4 Å². The Hall–Kier alpha value is -1.56. The van der Waals surface area contributed by atoms with E-state index in [1.54, 1.807) is 0 Å². The number of likely N-dealkylation sites (N-methyl/N-ethyl adjacent to an activating group) is 1. The molecule has 2 aromatic rings. The maximum Gasteiger partial charge on any atom is 0.241 e. The van der Waals surface area contributed by atoms with Gasteiger partial charge in [0.1, 0.15) is 5.75 Å². The molecule has 0 aliphatic rings. The van der Waals surface area contributed by atoms with Crippen molar-refractivity contribution in [2.75, 3.05) is 19.0 Å². The van der Waals surface area contributed by atoms with E-state index in [9.17, 15) is 4.79 Å². The fourth-order valence-electron chi connectivity index (χ4n) is 2.07. The van der Waals surface area contributed by atoms with Gasteiger partial charge < -0.3 is 10.1 Å².